The van der Waals surface area contributed by atoms with Gasteiger partial charge in [-0.3, -0.25) is 0 Å². The molecule has 2 aromatic carbocycles. The molecule has 0 fully saturated rings. The van der Waals surface area contributed by atoms with E-state index in [0.29, 0.717) is 0 Å². The average molecular weight is 333 g/mol. The molecule has 0 saturated heterocycles. The first kappa shape index (κ1) is 17.4. The smallest absolute Gasteiger partial charge is 0.138 e. The van der Waals surface area contributed by atoms with Crippen LogP contribution < -0.4 is 5.73 Å². The van der Waals surface area contributed by atoms with Gasteiger partial charge < -0.3 is 10.7 Å². The van der Waals surface area contributed by atoms with Gasteiger partial charge in [0.15, 0.2) is 0 Å². The zero-order chi connectivity index (χ0) is 17.7. The SMILES string of the molecule is CCCCC(N)(CC)c1[nH]c(-c2ccccc2)nc1-c1ccccc1. The van der Waals surface area contributed by atoms with Crippen LogP contribution in [0.4, 0.5) is 0 Å². The van der Waals surface area contributed by atoms with Crippen molar-refractivity contribution in [2.24, 2.45) is 5.73 Å². The molecule has 0 aliphatic rings. The number of nitrogens with two attached hydrogens (primary N) is 1. The molecule has 0 spiro atoms. The van der Waals surface area contributed by atoms with Crippen LogP contribution in [0.3, 0.4) is 0 Å². The van der Waals surface area contributed by atoms with Crippen LogP contribution in [0.5, 0.6) is 0 Å². The number of H-pyrrole nitrogens is 1. The molecule has 3 N–H and O–H groups in total. The molecule has 1 atom stereocenters. The molecule has 25 heavy (non-hydrogen) atoms. The highest BCUT2D eigenvalue weighted by molar-refractivity contribution is 5.68. The summed E-state index contributed by atoms with van der Waals surface area (Å²) in [6.45, 7) is 4.37. The van der Waals surface area contributed by atoms with Crippen LogP contribution in [0.2, 0.25) is 0 Å². The van der Waals surface area contributed by atoms with Crippen molar-refractivity contribution in [1.29, 1.82) is 0 Å². The molecule has 130 valence electrons. The standard InChI is InChI=1S/C22H27N3/c1-3-5-16-22(23,4-2)20-19(17-12-8-6-9-13-17)24-21(25-20)18-14-10-7-11-15-18/h6-15H,3-5,16,23H2,1-2H3,(H,24,25). The number of hydrogen-bond acceptors (Lipinski definition) is 2. The fourth-order valence-electron chi connectivity index (χ4n) is 3.24. The maximum Gasteiger partial charge on any atom is 0.138 e. The first-order valence-electron chi connectivity index (χ1n) is 9.18. The van der Waals surface area contributed by atoms with E-state index in [-0.39, 0.29) is 5.54 Å². The number of nitrogens with zero attached hydrogens (tertiary/aromatic N) is 1. The van der Waals surface area contributed by atoms with Crippen LogP contribution in [0, 0.1) is 0 Å². The number of aromatic nitrogens is 2. The van der Waals surface area contributed by atoms with E-state index in [4.69, 9.17) is 10.7 Å². The minimum absolute atomic E-state index is 0.388. The van der Waals surface area contributed by atoms with Crippen molar-refractivity contribution in [3.05, 3.63) is 66.4 Å². The van der Waals surface area contributed by atoms with Crippen molar-refractivity contribution < 1.29 is 0 Å². The lowest BCUT2D eigenvalue weighted by Gasteiger charge is -2.28. The van der Waals surface area contributed by atoms with E-state index < -0.39 is 0 Å². The number of imidazole rings is 1. The Balaban J connectivity index is 2.13. The molecule has 1 unspecified atom stereocenters. The minimum atomic E-state index is -0.388. The summed E-state index contributed by atoms with van der Waals surface area (Å²) >= 11 is 0. The van der Waals surface area contributed by atoms with Gasteiger partial charge >= 0.3 is 0 Å². The van der Waals surface area contributed by atoms with Gasteiger partial charge in [0, 0.05) is 11.1 Å². The van der Waals surface area contributed by atoms with Gasteiger partial charge in [-0.1, -0.05) is 87.4 Å². The highest BCUT2D eigenvalue weighted by Gasteiger charge is 2.31. The first-order valence-corrected chi connectivity index (χ1v) is 9.18. The Morgan fingerprint density at radius 3 is 2.08 bits per heavy atom. The van der Waals surface area contributed by atoms with Crippen LogP contribution in [-0.4, -0.2) is 9.97 Å². The largest absolute Gasteiger partial charge is 0.340 e. The summed E-state index contributed by atoms with van der Waals surface area (Å²) in [6.07, 6.45) is 4.08. The summed E-state index contributed by atoms with van der Waals surface area (Å²) in [4.78, 5) is 8.50. The lowest BCUT2D eigenvalue weighted by molar-refractivity contribution is 0.372. The van der Waals surface area contributed by atoms with Crippen LogP contribution in [0.15, 0.2) is 60.7 Å². The molecular formula is C22H27N3. The third-order valence-corrected chi connectivity index (χ3v) is 4.90. The second-order valence-electron chi connectivity index (χ2n) is 6.65. The van der Waals surface area contributed by atoms with E-state index in [2.05, 4.69) is 43.1 Å². The van der Waals surface area contributed by atoms with Gasteiger partial charge in [-0.15, -0.1) is 0 Å². The maximum atomic E-state index is 6.86. The van der Waals surface area contributed by atoms with Gasteiger partial charge in [0.1, 0.15) is 5.82 Å². The zero-order valence-electron chi connectivity index (χ0n) is 15.1. The van der Waals surface area contributed by atoms with Gasteiger partial charge in [-0.25, -0.2) is 4.98 Å². The van der Waals surface area contributed by atoms with E-state index in [1.807, 2.05) is 36.4 Å². The number of unbranched alkanes of at least 4 members (excludes halogenated alkanes) is 1. The van der Waals surface area contributed by atoms with Crippen molar-refractivity contribution in [3.8, 4) is 22.6 Å². The Bertz CT molecular complexity index is 793. The second-order valence-corrected chi connectivity index (χ2v) is 6.65. The third-order valence-electron chi connectivity index (χ3n) is 4.90. The van der Waals surface area contributed by atoms with Gasteiger partial charge in [0.05, 0.1) is 16.9 Å². The van der Waals surface area contributed by atoms with E-state index in [1.165, 1.54) is 0 Å². The summed E-state index contributed by atoms with van der Waals surface area (Å²) in [6, 6.07) is 20.6. The van der Waals surface area contributed by atoms with Crippen molar-refractivity contribution in [3.63, 3.8) is 0 Å². The number of aromatic amines is 1. The molecule has 1 aromatic heterocycles. The molecule has 3 rings (SSSR count). The Morgan fingerprint density at radius 2 is 1.52 bits per heavy atom. The summed E-state index contributed by atoms with van der Waals surface area (Å²) in [5.74, 6) is 0.884. The van der Waals surface area contributed by atoms with Crippen molar-refractivity contribution in [2.45, 2.75) is 45.1 Å². The maximum absolute atomic E-state index is 6.86. The topological polar surface area (TPSA) is 54.7 Å². The molecule has 0 aliphatic carbocycles. The van der Waals surface area contributed by atoms with E-state index in [1.54, 1.807) is 0 Å². The van der Waals surface area contributed by atoms with Crippen LogP contribution in [0.1, 0.15) is 45.2 Å². The third kappa shape index (κ3) is 3.67. The van der Waals surface area contributed by atoms with Crippen molar-refractivity contribution in [1.82, 2.24) is 9.97 Å². The van der Waals surface area contributed by atoms with E-state index in [9.17, 15) is 0 Å². The van der Waals surface area contributed by atoms with Crippen LogP contribution >= 0.6 is 0 Å². The Labute approximate surface area is 150 Å². The molecule has 0 radical (unpaired) electrons. The summed E-state index contributed by atoms with van der Waals surface area (Å²) in [5, 5.41) is 0. The zero-order valence-corrected chi connectivity index (χ0v) is 15.1. The Hall–Kier alpha value is -2.39. The lowest BCUT2D eigenvalue weighted by atomic mass is 9.85. The molecular weight excluding hydrogens is 306 g/mol. The first-order chi connectivity index (χ1) is 12.2. The number of nitrogens with one attached hydrogen (secondary N) is 1. The van der Waals surface area contributed by atoms with Gasteiger partial charge in [0.25, 0.3) is 0 Å². The number of rotatable bonds is 7. The molecule has 0 amide bonds. The molecule has 0 bridgehead atoms. The predicted molar refractivity (Wildman–Crippen MR) is 105 cm³/mol. The highest BCUT2D eigenvalue weighted by atomic mass is 15.0. The monoisotopic (exact) mass is 333 g/mol. The Morgan fingerprint density at radius 1 is 0.920 bits per heavy atom. The fraction of sp³-hybridized carbons (Fsp3) is 0.318. The summed E-state index contributed by atoms with van der Waals surface area (Å²) in [5.41, 5.74) is 10.7. The average Bonchev–Trinajstić information content (AvgIpc) is 3.14. The normalized spacial score (nSPS) is 13.6. The lowest BCUT2D eigenvalue weighted by Crippen LogP contribution is -2.37. The van der Waals surface area contributed by atoms with Crippen LogP contribution in [0.25, 0.3) is 22.6 Å². The molecule has 3 heteroatoms. The summed E-state index contributed by atoms with van der Waals surface area (Å²) < 4.78 is 0. The van der Waals surface area contributed by atoms with E-state index >= 15 is 0 Å². The molecule has 3 aromatic rings. The number of benzene rings is 2. The molecule has 3 nitrogen and oxygen atoms in total. The minimum Gasteiger partial charge on any atom is -0.340 e. The molecule has 0 saturated carbocycles. The van der Waals surface area contributed by atoms with Crippen molar-refractivity contribution in [2.75, 3.05) is 0 Å². The highest BCUT2D eigenvalue weighted by Crippen LogP contribution is 2.36. The fourth-order valence-corrected chi connectivity index (χ4v) is 3.24. The predicted octanol–water partition coefficient (Wildman–Crippen LogP) is 5.50. The summed E-state index contributed by atoms with van der Waals surface area (Å²) in [7, 11) is 0. The van der Waals surface area contributed by atoms with Gasteiger partial charge in [-0.2, -0.15) is 0 Å². The molecule has 1 heterocycles. The van der Waals surface area contributed by atoms with E-state index in [0.717, 1.165) is 54.0 Å². The van der Waals surface area contributed by atoms with Gasteiger partial charge in [-0.05, 0) is 12.8 Å². The number of hydrogen-bond donors (Lipinski definition) is 2. The van der Waals surface area contributed by atoms with Gasteiger partial charge in [0.2, 0.25) is 0 Å². The van der Waals surface area contributed by atoms with Crippen LogP contribution in [-0.2, 0) is 5.54 Å². The quantitative estimate of drug-likeness (QED) is 0.600. The van der Waals surface area contributed by atoms with Crippen molar-refractivity contribution >= 4 is 0 Å². The molecule has 0 aliphatic heterocycles. The Kier molecular flexibility index (Phi) is 5.34. The second kappa shape index (κ2) is 7.66.